The quantitative estimate of drug-likeness (QED) is 0.365. The summed E-state index contributed by atoms with van der Waals surface area (Å²) in [4.78, 5) is 22.4. The van der Waals surface area contributed by atoms with Gasteiger partial charge >= 0.3 is 11.7 Å². The molecule has 0 fully saturated rings. The van der Waals surface area contributed by atoms with E-state index < -0.39 is 22.0 Å². The van der Waals surface area contributed by atoms with E-state index in [9.17, 15) is 14.9 Å². The Morgan fingerprint density at radius 2 is 1.70 bits per heavy atom. The summed E-state index contributed by atoms with van der Waals surface area (Å²) in [5.74, 6) is -0.646. The average molecular weight is 283 g/mol. The van der Waals surface area contributed by atoms with Crippen LogP contribution in [0.15, 0.2) is 12.1 Å². The number of esters is 1. The van der Waals surface area contributed by atoms with Crippen LogP contribution in [-0.4, -0.2) is 25.1 Å². The van der Waals surface area contributed by atoms with E-state index in [0.717, 1.165) is 0 Å². The van der Waals surface area contributed by atoms with E-state index in [1.54, 1.807) is 20.8 Å². The third-order valence-corrected chi connectivity index (χ3v) is 2.48. The van der Waals surface area contributed by atoms with Crippen molar-refractivity contribution in [1.82, 2.24) is 0 Å². The van der Waals surface area contributed by atoms with Crippen molar-refractivity contribution in [2.45, 2.75) is 20.8 Å². The summed E-state index contributed by atoms with van der Waals surface area (Å²) in [6.07, 6.45) is 0. The number of methoxy groups -OCH3 is 2. The summed E-state index contributed by atoms with van der Waals surface area (Å²) in [6, 6.07) is 2.75. The van der Waals surface area contributed by atoms with Gasteiger partial charge in [0.1, 0.15) is 0 Å². The first-order chi connectivity index (χ1) is 9.22. The van der Waals surface area contributed by atoms with Gasteiger partial charge in [-0.1, -0.05) is 0 Å². The molecule has 20 heavy (non-hydrogen) atoms. The van der Waals surface area contributed by atoms with Gasteiger partial charge in [0.25, 0.3) is 0 Å². The molecular weight excluding hydrogens is 266 g/mol. The third kappa shape index (κ3) is 3.17. The highest BCUT2D eigenvalue weighted by Crippen LogP contribution is 2.43. The fourth-order valence-corrected chi connectivity index (χ4v) is 1.40. The zero-order valence-corrected chi connectivity index (χ0v) is 12.1. The van der Waals surface area contributed by atoms with Crippen LogP contribution < -0.4 is 14.2 Å². The lowest BCUT2D eigenvalue weighted by Crippen LogP contribution is -2.25. The molecule has 7 nitrogen and oxygen atoms in total. The molecule has 0 aromatic heterocycles. The van der Waals surface area contributed by atoms with Crippen LogP contribution in [0.3, 0.4) is 0 Å². The second-order valence-electron chi connectivity index (χ2n) is 5.04. The normalized spacial score (nSPS) is 10.8. The second kappa shape index (κ2) is 5.77. The number of nitrogens with zero attached hydrogens (tertiary/aromatic N) is 1. The molecule has 0 N–H and O–H groups in total. The van der Waals surface area contributed by atoms with Gasteiger partial charge in [-0.2, -0.15) is 0 Å². The van der Waals surface area contributed by atoms with Crippen molar-refractivity contribution in [3.8, 4) is 17.2 Å². The molecule has 0 saturated carbocycles. The van der Waals surface area contributed by atoms with E-state index >= 15 is 0 Å². The molecule has 110 valence electrons. The van der Waals surface area contributed by atoms with Crippen LogP contribution >= 0.6 is 0 Å². The average Bonchev–Trinajstić information content (AvgIpc) is 2.36. The summed E-state index contributed by atoms with van der Waals surface area (Å²) in [6.45, 7) is 4.96. The van der Waals surface area contributed by atoms with Crippen LogP contribution in [0.4, 0.5) is 5.69 Å². The number of nitro benzene ring substituents is 1. The van der Waals surface area contributed by atoms with Crippen molar-refractivity contribution < 1.29 is 23.9 Å². The number of hydrogen-bond acceptors (Lipinski definition) is 6. The Bertz CT molecular complexity index is 532. The van der Waals surface area contributed by atoms with Gasteiger partial charge in [-0.3, -0.25) is 14.9 Å². The number of nitro groups is 1. The van der Waals surface area contributed by atoms with Gasteiger partial charge in [0.05, 0.1) is 24.6 Å². The lowest BCUT2D eigenvalue weighted by Gasteiger charge is -2.17. The molecule has 0 spiro atoms. The van der Waals surface area contributed by atoms with E-state index in [4.69, 9.17) is 14.2 Å². The fraction of sp³-hybridized carbons (Fsp3) is 0.462. The number of hydrogen-bond donors (Lipinski definition) is 0. The van der Waals surface area contributed by atoms with Crippen molar-refractivity contribution in [2.24, 2.45) is 5.41 Å². The standard InChI is InChI=1S/C13H17NO6/c1-13(2,3)12(15)20-8-6-7-9(18-4)11(19-5)10(8)14(16)17/h6-7H,1-5H3. The maximum Gasteiger partial charge on any atom is 0.357 e. The topological polar surface area (TPSA) is 87.9 Å². The van der Waals surface area contributed by atoms with Crippen molar-refractivity contribution in [3.63, 3.8) is 0 Å². The maximum absolute atomic E-state index is 11.8. The smallest absolute Gasteiger partial charge is 0.357 e. The Hall–Kier alpha value is -2.31. The first-order valence-electron chi connectivity index (χ1n) is 5.84. The van der Waals surface area contributed by atoms with Gasteiger partial charge < -0.3 is 14.2 Å². The Labute approximate surface area is 116 Å². The lowest BCUT2D eigenvalue weighted by atomic mass is 9.97. The highest BCUT2D eigenvalue weighted by Gasteiger charge is 2.31. The summed E-state index contributed by atoms with van der Waals surface area (Å²) >= 11 is 0. The molecule has 0 heterocycles. The largest absolute Gasteiger partial charge is 0.493 e. The first-order valence-corrected chi connectivity index (χ1v) is 5.84. The van der Waals surface area contributed by atoms with Crippen LogP contribution in [0, 0.1) is 15.5 Å². The van der Waals surface area contributed by atoms with Gasteiger partial charge in [0, 0.05) is 0 Å². The molecule has 1 aromatic carbocycles. The van der Waals surface area contributed by atoms with Crippen molar-refractivity contribution in [2.75, 3.05) is 14.2 Å². The predicted molar refractivity (Wildman–Crippen MR) is 71.3 cm³/mol. The minimum atomic E-state index is -0.777. The van der Waals surface area contributed by atoms with Gasteiger partial charge in [-0.05, 0) is 32.9 Å². The van der Waals surface area contributed by atoms with E-state index in [1.165, 1.54) is 26.4 Å². The molecule has 0 bridgehead atoms. The molecule has 0 unspecified atom stereocenters. The van der Waals surface area contributed by atoms with Crippen LogP contribution in [-0.2, 0) is 4.79 Å². The Balaban J connectivity index is 3.34. The van der Waals surface area contributed by atoms with E-state index in [0.29, 0.717) is 0 Å². The maximum atomic E-state index is 11.8. The minimum absolute atomic E-state index is 0.0864. The summed E-state index contributed by atoms with van der Waals surface area (Å²) in [5.41, 5.74) is -1.22. The summed E-state index contributed by atoms with van der Waals surface area (Å²) in [7, 11) is 2.64. The fourth-order valence-electron chi connectivity index (χ4n) is 1.40. The third-order valence-electron chi connectivity index (χ3n) is 2.48. The molecular formula is C13H17NO6. The van der Waals surface area contributed by atoms with Crippen molar-refractivity contribution >= 4 is 11.7 Å². The number of rotatable bonds is 4. The highest BCUT2D eigenvalue weighted by molar-refractivity contribution is 5.80. The van der Waals surface area contributed by atoms with Crippen LogP contribution in [0.25, 0.3) is 0 Å². The number of carbonyl (C=O) groups is 1. The monoisotopic (exact) mass is 283 g/mol. The lowest BCUT2D eigenvalue weighted by molar-refractivity contribution is -0.386. The van der Waals surface area contributed by atoms with Crippen molar-refractivity contribution in [3.05, 3.63) is 22.2 Å². The molecule has 0 radical (unpaired) electrons. The van der Waals surface area contributed by atoms with E-state index in [2.05, 4.69) is 0 Å². The molecule has 7 heteroatoms. The Morgan fingerprint density at radius 1 is 1.15 bits per heavy atom. The van der Waals surface area contributed by atoms with Gasteiger partial charge in [-0.15, -0.1) is 0 Å². The molecule has 1 aromatic rings. The zero-order valence-electron chi connectivity index (χ0n) is 12.1. The molecule has 0 aliphatic heterocycles. The highest BCUT2D eigenvalue weighted by atomic mass is 16.6. The molecule has 0 aliphatic rings. The number of benzene rings is 1. The minimum Gasteiger partial charge on any atom is -0.493 e. The number of ether oxygens (including phenoxy) is 3. The SMILES string of the molecule is COc1ccc(OC(=O)C(C)(C)C)c([N+](=O)[O-])c1OC. The van der Waals surface area contributed by atoms with E-state index in [-0.39, 0.29) is 17.2 Å². The zero-order chi connectivity index (χ0) is 15.5. The van der Waals surface area contributed by atoms with Crippen LogP contribution in [0.2, 0.25) is 0 Å². The Kier molecular flexibility index (Phi) is 4.54. The molecule has 0 saturated heterocycles. The second-order valence-corrected chi connectivity index (χ2v) is 5.04. The van der Waals surface area contributed by atoms with Crippen LogP contribution in [0.5, 0.6) is 17.2 Å². The van der Waals surface area contributed by atoms with Gasteiger partial charge in [-0.25, -0.2) is 0 Å². The first kappa shape index (κ1) is 15.7. The van der Waals surface area contributed by atoms with E-state index in [1.807, 2.05) is 0 Å². The Morgan fingerprint density at radius 3 is 2.10 bits per heavy atom. The molecule has 0 aliphatic carbocycles. The van der Waals surface area contributed by atoms with Gasteiger partial charge in [0.15, 0.2) is 5.75 Å². The molecule has 1 rings (SSSR count). The summed E-state index contributed by atoms with van der Waals surface area (Å²) < 4.78 is 15.1. The molecule has 0 amide bonds. The summed E-state index contributed by atoms with van der Waals surface area (Å²) in [5, 5.41) is 11.2. The van der Waals surface area contributed by atoms with Crippen molar-refractivity contribution in [1.29, 1.82) is 0 Å². The van der Waals surface area contributed by atoms with Gasteiger partial charge in [0.2, 0.25) is 11.5 Å². The number of carbonyl (C=O) groups excluding carboxylic acids is 1. The predicted octanol–water partition coefficient (Wildman–Crippen LogP) is 2.56. The molecule has 0 atom stereocenters. The van der Waals surface area contributed by atoms with Crippen LogP contribution in [0.1, 0.15) is 20.8 Å².